The lowest BCUT2D eigenvalue weighted by molar-refractivity contribution is -0.185. The molecule has 1 aliphatic heterocycles. The number of halogens is 3. The van der Waals surface area contributed by atoms with Crippen LogP contribution in [0.3, 0.4) is 0 Å². The Hall–Kier alpha value is -0.563. The number of carbonyl (C=O) groups excluding carboxylic acids is 1. The second-order valence-electron chi connectivity index (χ2n) is 6.46. The Bertz CT molecular complexity index is 347. The Balaban J connectivity index is 2.56. The zero-order valence-corrected chi connectivity index (χ0v) is 12.9. The molecule has 0 bridgehead atoms. The number of alkyl halides is 3. The van der Waals surface area contributed by atoms with Crippen LogP contribution in [0.25, 0.3) is 0 Å². The van der Waals surface area contributed by atoms with Crippen molar-refractivity contribution < 1.29 is 27.1 Å². The standard InChI is InChI=1S/C12H21F3O3Si/c1-11(2,3)19(4,5)17-7-8-6-9(10(16)18-8)12(13,14)15/h8-9H,6-7H2,1-5H3/t8-,9+/m0/s1. The lowest BCUT2D eigenvalue weighted by Gasteiger charge is -2.36. The highest BCUT2D eigenvalue weighted by molar-refractivity contribution is 6.74. The summed E-state index contributed by atoms with van der Waals surface area (Å²) >= 11 is 0. The molecule has 112 valence electrons. The van der Waals surface area contributed by atoms with E-state index in [9.17, 15) is 18.0 Å². The number of hydrogen-bond acceptors (Lipinski definition) is 3. The highest BCUT2D eigenvalue weighted by Gasteiger charge is 2.52. The number of cyclic esters (lactones) is 1. The van der Waals surface area contributed by atoms with Crippen molar-refractivity contribution in [3.8, 4) is 0 Å². The van der Waals surface area contributed by atoms with Gasteiger partial charge in [-0.25, -0.2) is 0 Å². The van der Waals surface area contributed by atoms with E-state index in [1.165, 1.54) is 0 Å². The first-order valence-corrected chi connectivity index (χ1v) is 9.16. The molecule has 0 saturated carbocycles. The molecule has 1 aliphatic rings. The molecular weight excluding hydrogens is 277 g/mol. The average Bonchev–Trinajstić information content (AvgIpc) is 2.54. The van der Waals surface area contributed by atoms with Gasteiger partial charge in [0.05, 0.1) is 6.61 Å². The molecule has 7 heteroatoms. The van der Waals surface area contributed by atoms with Gasteiger partial charge in [0, 0.05) is 6.42 Å². The third-order valence-corrected chi connectivity index (χ3v) is 8.40. The Labute approximate surface area is 112 Å². The summed E-state index contributed by atoms with van der Waals surface area (Å²) in [7, 11) is -2.03. The summed E-state index contributed by atoms with van der Waals surface area (Å²) in [6, 6.07) is 0. The lowest BCUT2D eigenvalue weighted by atomic mass is 10.1. The van der Waals surface area contributed by atoms with Crippen molar-refractivity contribution in [3.05, 3.63) is 0 Å². The number of rotatable bonds is 3. The maximum absolute atomic E-state index is 12.5. The normalized spacial score (nSPS) is 25.6. The van der Waals surface area contributed by atoms with E-state index in [1.807, 2.05) is 33.9 Å². The first kappa shape index (κ1) is 16.5. The van der Waals surface area contributed by atoms with Crippen LogP contribution in [0.15, 0.2) is 0 Å². The summed E-state index contributed by atoms with van der Waals surface area (Å²) < 4.78 is 48.1. The molecule has 1 rings (SSSR count). The molecule has 0 N–H and O–H groups in total. The van der Waals surface area contributed by atoms with Crippen molar-refractivity contribution in [1.29, 1.82) is 0 Å². The van der Waals surface area contributed by atoms with Crippen molar-refractivity contribution in [2.75, 3.05) is 6.61 Å². The molecule has 0 amide bonds. The van der Waals surface area contributed by atoms with E-state index in [1.54, 1.807) is 0 Å². The van der Waals surface area contributed by atoms with E-state index < -0.39 is 32.5 Å². The fourth-order valence-corrected chi connectivity index (χ4v) is 2.58. The topological polar surface area (TPSA) is 35.5 Å². The van der Waals surface area contributed by atoms with E-state index in [0.29, 0.717) is 0 Å². The van der Waals surface area contributed by atoms with Crippen molar-refractivity contribution in [2.45, 2.75) is 57.6 Å². The van der Waals surface area contributed by atoms with Crippen LogP contribution in [-0.2, 0) is 14.0 Å². The van der Waals surface area contributed by atoms with E-state index in [4.69, 9.17) is 9.16 Å². The van der Waals surface area contributed by atoms with Gasteiger partial charge in [0.1, 0.15) is 6.10 Å². The van der Waals surface area contributed by atoms with Crippen LogP contribution in [-0.4, -0.2) is 33.2 Å². The van der Waals surface area contributed by atoms with Gasteiger partial charge < -0.3 is 9.16 Å². The second-order valence-corrected chi connectivity index (χ2v) is 11.3. The fraction of sp³-hybridized carbons (Fsp3) is 0.917. The Morgan fingerprint density at radius 2 is 1.84 bits per heavy atom. The number of hydrogen-bond donors (Lipinski definition) is 0. The predicted molar refractivity (Wildman–Crippen MR) is 67.2 cm³/mol. The van der Waals surface area contributed by atoms with Crippen molar-refractivity contribution >= 4 is 14.3 Å². The summed E-state index contributed by atoms with van der Waals surface area (Å²) in [5.74, 6) is -3.18. The molecule has 0 radical (unpaired) electrons. The van der Waals surface area contributed by atoms with Gasteiger partial charge in [0.25, 0.3) is 0 Å². The van der Waals surface area contributed by atoms with Crippen LogP contribution in [0, 0.1) is 5.92 Å². The van der Waals surface area contributed by atoms with Crippen LogP contribution in [0.2, 0.25) is 18.1 Å². The van der Waals surface area contributed by atoms with Gasteiger partial charge in [-0.3, -0.25) is 4.79 Å². The molecule has 0 spiro atoms. The van der Waals surface area contributed by atoms with E-state index in [2.05, 4.69) is 0 Å². The molecule has 2 atom stereocenters. The number of ether oxygens (including phenoxy) is 1. The van der Waals surface area contributed by atoms with Gasteiger partial charge in [0.2, 0.25) is 0 Å². The van der Waals surface area contributed by atoms with Gasteiger partial charge in [0.15, 0.2) is 14.2 Å². The molecule has 3 nitrogen and oxygen atoms in total. The zero-order valence-electron chi connectivity index (χ0n) is 11.9. The minimum Gasteiger partial charge on any atom is -0.459 e. The van der Waals surface area contributed by atoms with Gasteiger partial charge in [-0.1, -0.05) is 20.8 Å². The van der Waals surface area contributed by atoms with Gasteiger partial charge in [-0.2, -0.15) is 13.2 Å². The highest BCUT2D eigenvalue weighted by atomic mass is 28.4. The Morgan fingerprint density at radius 3 is 2.21 bits per heavy atom. The SMILES string of the molecule is CC(C)(C)[Si](C)(C)OC[C@@H]1C[C@@H](C(F)(F)F)C(=O)O1. The maximum atomic E-state index is 12.5. The van der Waals surface area contributed by atoms with Gasteiger partial charge in [-0.15, -0.1) is 0 Å². The fourth-order valence-electron chi connectivity index (χ4n) is 1.54. The largest absolute Gasteiger partial charge is 0.459 e. The van der Waals surface area contributed by atoms with Gasteiger partial charge in [-0.05, 0) is 18.1 Å². The molecule has 0 unspecified atom stereocenters. The minimum atomic E-state index is -4.52. The summed E-state index contributed by atoms with van der Waals surface area (Å²) in [6.45, 7) is 10.2. The van der Waals surface area contributed by atoms with Crippen molar-refractivity contribution in [3.63, 3.8) is 0 Å². The molecule has 19 heavy (non-hydrogen) atoms. The molecule has 0 aromatic heterocycles. The number of esters is 1. The van der Waals surface area contributed by atoms with Crippen molar-refractivity contribution in [1.82, 2.24) is 0 Å². The molecular formula is C12H21F3O3Si. The minimum absolute atomic E-state index is 0.0287. The summed E-state index contributed by atoms with van der Waals surface area (Å²) in [5.41, 5.74) is 0. The summed E-state index contributed by atoms with van der Waals surface area (Å²) in [6.07, 6.45) is -5.65. The zero-order chi connectivity index (χ0) is 15.1. The Kier molecular flexibility index (Phi) is 4.41. The average molecular weight is 298 g/mol. The predicted octanol–water partition coefficient (Wildman–Crippen LogP) is 3.50. The van der Waals surface area contributed by atoms with E-state index in [0.717, 1.165) is 0 Å². The van der Waals surface area contributed by atoms with Crippen LogP contribution in [0.4, 0.5) is 13.2 Å². The third-order valence-electron chi connectivity index (χ3n) is 3.90. The maximum Gasteiger partial charge on any atom is 0.402 e. The smallest absolute Gasteiger partial charge is 0.402 e. The monoisotopic (exact) mass is 298 g/mol. The summed E-state index contributed by atoms with van der Waals surface area (Å²) in [4.78, 5) is 11.2. The Morgan fingerprint density at radius 1 is 1.32 bits per heavy atom. The van der Waals surface area contributed by atoms with Crippen LogP contribution < -0.4 is 0 Å². The lowest BCUT2D eigenvalue weighted by Crippen LogP contribution is -2.42. The molecule has 0 aromatic rings. The van der Waals surface area contributed by atoms with E-state index >= 15 is 0 Å². The second kappa shape index (κ2) is 5.09. The van der Waals surface area contributed by atoms with Crippen LogP contribution in [0.5, 0.6) is 0 Å². The molecule has 1 heterocycles. The summed E-state index contributed by atoms with van der Waals surface area (Å²) in [5, 5.41) is -0.0287. The molecule has 1 saturated heterocycles. The van der Waals surface area contributed by atoms with Crippen molar-refractivity contribution in [2.24, 2.45) is 5.92 Å². The van der Waals surface area contributed by atoms with Crippen LogP contribution >= 0.6 is 0 Å². The first-order chi connectivity index (χ1) is 8.34. The van der Waals surface area contributed by atoms with Gasteiger partial charge >= 0.3 is 12.1 Å². The quantitative estimate of drug-likeness (QED) is 0.591. The van der Waals surface area contributed by atoms with Crippen LogP contribution in [0.1, 0.15) is 27.2 Å². The molecule has 0 aliphatic carbocycles. The molecule has 0 aromatic carbocycles. The van der Waals surface area contributed by atoms with E-state index in [-0.39, 0.29) is 18.1 Å². The number of carbonyl (C=O) groups is 1. The third kappa shape index (κ3) is 3.95. The first-order valence-electron chi connectivity index (χ1n) is 6.26. The highest BCUT2D eigenvalue weighted by Crippen LogP contribution is 2.39. The molecule has 1 fully saturated rings.